The molecule has 2 rings (SSSR count). The maximum absolute atomic E-state index is 12.0. The fourth-order valence-corrected chi connectivity index (χ4v) is 2.61. The van der Waals surface area contributed by atoms with Gasteiger partial charge in [-0.3, -0.25) is 9.59 Å². The fraction of sp³-hybridized carbons (Fsp3) is 0.571. The number of carboxylic acids is 1. The van der Waals surface area contributed by atoms with Crippen LogP contribution in [-0.2, 0) is 16.1 Å². The van der Waals surface area contributed by atoms with E-state index in [0.29, 0.717) is 6.54 Å². The first-order valence-corrected chi connectivity index (χ1v) is 6.67. The summed E-state index contributed by atoms with van der Waals surface area (Å²) >= 11 is 0. The zero-order valence-electron chi connectivity index (χ0n) is 10.8. The molecule has 0 aliphatic heterocycles. The first-order chi connectivity index (χ1) is 9.15. The topological polar surface area (TPSA) is 79.5 Å². The van der Waals surface area contributed by atoms with Crippen molar-refractivity contribution in [2.24, 2.45) is 11.8 Å². The van der Waals surface area contributed by atoms with Crippen molar-refractivity contribution < 1.29 is 19.1 Å². The molecule has 0 atom stereocenters. The molecule has 1 heterocycles. The second-order valence-electron chi connectivity index (χ2n) is 5.11. The van der Waals surface area contributed by atoms with Crippen LogP contribution in [0.25, 0.3) is 0 Å². The van der Waals surface area contributed by atoms with Gasteiger partial charge in [0.05, 0.1) is 12.8 Å². The van der Waals surface area contributed by atoms with Crippen molar-refractivity contribution in [2.45, 2.75) is 38.6 Å². The number of carbonyl (C=O) groups excluding carboxylic acids is 1. The molecule has 104 valence electrons. The fourth-order valence-electron chi connectivity index (χ4n) is 2.61. The molecule has 5 heteroatoms. The molecule has 2 N–H and O–H groups in total. The molecule has 1 aliphatic rings. The Hall–Kier alpha value is -1.78. The summed E-state index contributed by atoms with van der Waals surface area (Å²) in [6.45, 7) is 0.418. The van der Waals surface area contributed by atoms with Crippen LogP contribution in [-0.4, -0.2) is 17.0 Å². The maximum atomic E-state index is 12.0. The van der Waals surface area contributed by atoms with Crippen molar-refractivity contribution in [2.75, 3.05) is 0 Å². The van der Waals surface area contributed by atoms with Crippen molar-refractivity contribution in [3.63, 3.8) is 0 Å². The Labute approximate surface area is 112 Å². The molecule has 1 aromatic rings. The van der Waals surface area contributed by atoms with Crippen LogP contribution in [0.1, 0.15) is 37.9 Å². The Bertz CT molecular complexity index is 419. The smallest absolute Gasteiger partial charge is 0.303 e. The Morgan fingerprint density at radius 1 is 1.32 bits per heavy atom. The molecule has 1 amide bonds. The van der Waals surface area contributed by atoms with E-state index in [1.54, 1.807) is 12.3 Å². The van der Waals surface area contributed by atoms with Gasteiger partial charge in [-0.1, -0.05) is 0 Å². The van der Waals surface area contributed by atoms with E-state index < -0.39 is 5.97 Å². The minimum atomic E-state index is -0.745. The van der Waals surface area contributed by atoms with Crippen LogP contribution in [0, 0.1) is 11.8 Å². The van der Waals surface area contributed by atoms with E-state index in [0.717, 1.165) is 31.4 Å². The second-order valence-corrected chi connectivity index (χ2v) is 5.11. The van der Waals surface area contributed by atoms with E-state index in [1.165, 1.54) is 0 Å². The van der Waals surface area contributed by atoms with Crippen LogP contribution in [0.4, 0.5) is 0 Å². The predicted molar refractivity (Wildman–Crippen MR) is 68.3 cm³/mol. The lowest BCUT2D eigenvalue weighted by Crippen LogP contribution is -2.33. The van der Waals surface area contributed by atoms with E-state index in [9.17, 15) is 9.59 Å². The molecule has 1 saturated carbocycles. The second kappa shape index (κ2) is 6.41. The monoisotopic (exact) mass is 265 g/mol. The van der Waals surface area contributed by atoms with E-state index in [1.807, 2.05) is 6.07 Å². The summed E-state index contributed by atoms with van der Waals surface area (Å²) in [6, 6.07) is 3.61. The Morgan fingerprint density at radius 2 is 2.05 bits per heavy atom. The van der Waals surface area contributed by atoms with Gasteiger partial charge in [0.25, 0.3) is 0 Å². The standard InChI is InChI=1S/C14H19NO4/c16-13(17)8-10-3-5-11(6-4-10)14(18)15-9-12-2-1-7-19-12/h1-2,7,10-11H,3-6,8-9H2,(H,15,18)(H,16,17). The normalized spacial score (nSPS) is 22.9. The molecule has 19 heavy (non-hydrogen) atoms. The highest BCUT2D eigenvalue weighted by molar-refractivity contribution is 5.78. The molecular formula is C14H19NO4. The molecule has 5 nitrogen and oxygen atoms in total. The minimum absolute atomic E-state index is 0.0139. The zero-order valence-corrected chi connectivity index (χ0v) is 10.8. The van der Waals surface area contributed by atoms with E-state index >= 15 is 0 Å². The summed E-state index contributed by atoms with van der Waals surface area (Å²) < 4.78 is 5.15. The van der Waals surface area contributed by atoms with E-state index in [4.69, 9.17) is 9.52 Å². The van der Waals surface area contributed by atoms with Crippen molar-refractivity contribution >= 4 is 11.9 Å². The third kappa shape index (κ3) is 4.12. The number of aliphatic carboxylic acids is 1. The highest BCUT2D eigenvalue weighted by Crippen LogP contribution is 2.30. The van der Waals surface area contributed by atoms with Gasteiger partial charge in [-0.15, -0.1) is 0 Å². The van der Waals surface area contributed by atoms with E-state index in [2.05, 4.69) is 5.32 Å². The molecular weight excluding hydrogens is 246 g/mol. The Balaban J connectivity index is 1.71. The van der Waals surface area contributed by atoms with Crippen LogP contribution in [0.15, 0.2) is 22.8 Å². The molecule has 0 spiro atoms. The first-order valence-electron chi connectivity index (χ1n) is 6.67. The van der Waals surface area contributed by atoms with Crippen LogP contribution in [0.5, 0.6) is 0 Å². The summed E-state index contributed by atoms with van der Waals surface area (Å²) in [5.74, 6) is 0.287. The number of nitrogens with one attached hydrogen (secondary N) is 1. The van der Waals surface area contributed by atoms with Gasteiger partial charge < -0.3 is 14.8 Å². The SMILES string of the molecule is O=C(O)CC1CCC(C(=O)NCc2ccco2)CC1. The summed E-state index contributed by atoms with van der Waals surface area (Å²) in [6.07, 6.45) is 5.01. The van der Waals surface area contributed by atoms with Gasteiger partial charge in [0.2, 0.25) is 5.91 Å². The van der Waals surface area contributed by atoms with Crippen molar-refractivity contribution in [3.8, 4) is 0 Å². The van der Waals surface area contributed by atoms with Gasteiger partial charge in [0.1, 0.15) is 5.76 Å². The number of carboxylic acid groups (broad SMARTS) is 1. The molecule has 0 saturated heterocycles. The number of rotatable bonds is 5. The highest BCUT2D eigenvalue weighted by Gasteiger charge is 2.27. The molecule has 0 radical (unpaired) electrons. The van der Waals surface area contributed by atoms with Crippen molar-refractivity contribution in [3.05, 3.63) is 24.2 Å². The van der Waals surface area contributed by atoms with Gasteiger partial charge in [-0.25, -0.2) is 0 Å². The quantitative estimate of drug-likeness (QED) is 0.855. The number of furan rings is 1. The first kappa shape index (κ1) is 13.6. The largest absolute Gasteiger partial charge is 0.481 e. The van der Waals surface area contributed by atoms with Gasteiger partial charge in [0, 0.05) is 12.3 Å². The third-order valence-corrected chi connectivity index (χ3v) is 3.70. The van der Waals surface area contributed by atoms with Crippen LogP contribution in [0.3, 0.4) is 0 Å². The molecule has 0 bridgehead atoms. The number of carbonyl (C=O) groups is 2. The number of hydrogen-bond acceptors (Lipinski definition) is 3. The molecule has 0 unspecified atom stereocenters. The van der Waals surface area contributed by atoms with Crippen LogP contribution in [0.2, 0.25) is 0 Å². The minimum Gasteiger partial charge on any atom is -0.481 e. The Kier molecular flexibility index (Phi) is 4.60. The summed E-state index contributed by atoms with van der Waals surface area (Å²) in [7, 11) is 0. The van der Waals surface area contributed by atoms with Gasteiger partial charge >= 0.3 is 5.97 Å². The van der Waals surface area contributed by atoms with Gasteiger partial charge in [0.15, 0.2) is 0 Å². The summed E-state index contributed by atoms with van der Waals surface area (Å²) in [4.78, 5) is 22.6. The van der Waals surface area contributed by atoms with E-state index in [-0.39, 0.29) is 24.2 Å². The molecule has 1 aromatic heterocycles. The Morgan fingerprint density at radius 3 is 2.63 bits per heavy atom. The number of amides is 1. The molecule has 1 fully saturated rings. The van der Waals surface area contributed by atoms with Gasteiger partial charge in [-0.05, 0) is 43.7 Å². The summed E-state index contributed by atoms with van der Waals surface area (Å²) in [5.41, 5.74) is 0. The average molecular weight is 265 g/mol. The predicted octanol–water partition coefficient (Wildman–Crippen LogP) is 2.18. The molecule has 1 aliphatic carbocycles. The maximum Gasteiger partial charge on any atom is 0.303 e. The summed E-state index contributed by atoms with van der Waals surface area (Å²) in [5, 5.41) is 11.6. The molecule has 0 aromatic carbocycles. The lowest BCUT2D eigenvalue weighted by molar-refractivity contribution is -0.138. The highest BCUT2D eigenvalue weighted by atomic mass is 16.4. The lowest BCUT2D eigenvalue weighted by Gasteiger charge is -2.26. The van der Waals surface area contributed by atoms with Crippen LogP contribution >= 0.6 is 0 Å². The lowest BCUT2D eigenvalue weighted by atomic mass is 9.80. The third-order valence-electron chi connectivity index (χ3n) is 3.70. The van der Waals surface area contributed by atoms with Crippen molar-refractivity contribution in [1.29, 1.82) is 0 Å². The van der Waals surface area contributed by atoms with Crippen LogP contribution < -0.4 is 5.32 Å². The van der Waals surface area contributed by atoms with Crippen molar-refractivity contribution in [1.82, 2.24) is 5.32 Å². The van der Waals surface area contributed by atoms with Gasteiger partial charge in [-0.2, -0.15) is 0 Å². The average Bonchev–Trinajstić information content (AvgIpc) is 2.89. The zero-order chi connectivity index (χ0) is 13.7. The number of hydrogen-bond donors (Lipinski definition) is 2.